The summed E-state index contributed by atoms with van der Waals surface area (Å²) in [5.74, 6) is -1.00. The van der Waals surface area contributed by atoms with Gasteiger partial charge in [-0.3, -0.25) is 10.2 Å². The highest BCUT2D eigenvalue weighted by Gasteiger charge is 2.42. The molecule has 1 aromatic carbocycles. The molecule has 0 aromatic heterocycles. The summed E-state index contributed by atoms with van der Waals surface area (Å²) in [6, 6.07) is 6.90. The second-order valence-corrected chi connectivity index (χ2v) is 4.24. The van der Waals surface area contributed by atoms with E-state index in [9.17, 15) is 14.3 Å². The maximum atomic E-state index is 12.9. The first kappa shape index (κ1) is 13.1. The van der Waals surface area contributed by atoms with Crippen LogP contribution >= 0.6 is 0 Å². The maximum absolute atomic E-state index is 12.9. The minimum Gasteiger partial charge on any atom is -0.362 e. The zero-order chi connectivity index (χ0) is 14.0. The molecule has 1 aliphatic rings. The molecule has 6 heteroatoms. The predicted molar refractivity (Wildman–Crippen MR) is 64.3 cm³/mol. The Bertz CT molecular complexity index is 577. The number of carbonyl (C=O) groups excluding carboxylic acids is 1. The van der Waals surface area contributed by atoms with E-state index in [1.165, 1.54) is 30.3 Å². The number of nitrogens with one attached hydrogen (secondary N) is 1. The second kappa shape index (κ2) is 4.71. The molecule has 0 fully saturated rings. The van der Waals surface area contributed by atoms with E-state index in [2.05, 4.69) is 5.43 Å². The van der Waals surface area contributed by atoms with Crippen molar-refractivity contribution >= 4 is 5.91 Å². The molecule has 1 aromatic rings. The zero-order valence-electron chi connectivity index (χ0n) is 10.2. The fraction of sp³-hybridized carbons (Fsp3) is 0.231. The molecule has 0 unspecified atom stereocenters. The number of halogens is 1. The lowest BCUT2D eigenvalue weighted by Gasteiger charge is -2.32. The third-order valence-electron chi connectivity index (χ3n) is 2.80. The lowest BCUT2D eigenvalue weighted by Crippen LogP contribution is -2.50. The van der Waals surface area contributed by atoms with E-state index < -0.39 is 17.4 Å². The van der Waals surface area contributed by atoms with Crippen molar-refractivity contribution in [2.75, 3.05) is 0 Å². The van der Waals surface area contributed by atoms with Gasteiger partial charge in [0, 0.05) is 11.3 Å². The van der Waals surface area contributed by atoms with Gasteiger partial charge in [0.05, 0.1) is 6.07 Å². The normalized spacial score (nSPS) is 21.6. The van der Waals surface area contributed by atoms with Crippen LogP contribution < -0.4 is 5.43 Å². The molecular weight excluding hydrogens is 249 g/mol. The van der Waals surface area contributed by atoms with Crippen LogP contribution in [0.1, 0.15) is 18.9 Å². The number of nitrogens with zero attached hydrogens (tertiary/aromatic N) is 2. The summed E-state index contributed by atoms with van der Waals surface area (Å²) in [4.78, 5) is 11.8. The number of hydrogen-bond acceptors (Lipinski definition) is 4. The average Bonchev–Trinajstić information content (AvgIpc) is 2.67. The van der Waals surface area contributed by atoms with Gasteiger partial charge in [0.15, 0.2) is 0 Å². The van der Waals surface area contributed by atoms with Crippen LogP contribution in [0.3, 0.4) is 0 Å². The molecule has 5 nitrogen and oxygen atoms in total. The Hall–Kier alpha value is -2.39. The molecule has 0 radical (unpaired) electrons. The van der Waals surface area contributed by atoms with Gasteiger partial charge in [-0.2, -0.15) is 5.26 Å². The van der Waals surface area contributed by atoms with Crippen molar-refractivity contribution in [3.05, 3.63) is 47.4 Å². The van der Waals surface area contributed by atoms with Gasteiger partial charge in [-0.15, -0.1) is 0 Å². The largest absolute Gasteiger partial charge is 0.362 e. The molecule has 1 atom stereocenters. The van der Waals surface area contributed by atoms with Crippen LogP contribution in [0.25, 0.3) is 0 Å². The summed E-state index contributed by atoms with van der Waals surface area (Å²) in [5, 5.41) is 20.2. The molecule has 19 heavy (non-hydrogen) atoms. The predicted octanol–water partition coefficient (Wildman–Crippen LogP) is 1.14. The SMILES string of the molecule is CC1=C[C@](O)(c2ccc(F)cc2)N(C(=O)CC#N)N1. The molecule has 2 N–H and O–H groups in total. The van der Waals surface area contributed by atoms with Gasteiger partial charge < -0.3 is 5.11 Å². The van der Waals surface area contributed by atoms with Gasteiger partial charge in [0.2, 0.25) is 5.72 Å². The van der Waals surface area contributed by atoms with E-state index in [1.54, 1.807) is 13.0 Å². The number of benzene rings is 1. The summed E-state index contributed by atoms with van der Waals surface area (Å²) in [6.07, 6.45) is 1.08. The fourth-order valence-corrected chi connectivity index (χ4v) is 1.97. The summed E-state index contributed by atoms with van der Waals surface area (Å²) in [5.41, 5.74) is 1.88. The number of amides is 1. The Morgan fingerprint density at radius 3 is 2.74 bits per heavy atom. The Morgan fingerprint density at radius 2 is 2.16 bits per heavy atom. The highest BCUT2D eigenvalue weighted by atomic mass is 19.1. The van der Waals surface area contributed by atoms with Crippen molar-refractivity contribution in [2.24, 2.45) is 0 Å². The first-order valence-electron chi connectivity index (χ1n) is 5.62. The van der Waals surface area contributed by atoms with Gasteiger partial charge in [-0.25, -0.2) is 9.40 Å². The Labute approximate surface area is 109 Å². The Morgan fingerprint density at radius 1 is 1.53 bits per heavy atom. The van der Waals surface area contributed by atoms with Crippen molar-refractivity contribution in [1.29, 1.82) is 5.26 Å². The zero-order valence-corrected chi connectivity index (χ0v) is 10.2. The van der Waals surface area contributed by atoms with E-state index in [0.717, 1.165) is 5.01 Å². The standard InChI is InChI=1S/C13H12FN3O2/c1-9-8-13(19,10-2-4-11(14)5-3-10)17(16-9)12(18)6-7-15/h2-5,8,16,19H,6H2,1H3/t13-/m0/s1. The summed E-state index contributed by atoms with van der Waals surface area (Å²) in [6.45, 7) is 1.67. The molecule has 0 bridgehead atoms. The van der Waals surface area contributed by atoms with Crippen LogP contribution in [-0.4, -0.2) is 16.0 Å². The van der Waals surface area contributed by atoms with Crippen molar-refractivity contribution < 1.29 is 14.3 Å². The number of nitriles is 1. The molecule has 0 aliphatic carbocycles. The van der Waals surface area contributed by atoms with Gasteiger partial charge in [-0.05, 0) is 25.1 Å². The van der Waals surface area contributed by atoms with Crippen molar-refractivity contribution in [1.82, 2.24) is 10.4 Å². The van der Waals surface area contributed by atoms with Crippen LogP contribution in [0.15, 0.2) is 36.0 Å². The number of rotatable bonds is 2. The summed E-state index contributed by atoms with van der Waals surface area (Å²) >= 11 is 0. The highest BCUT2D eigenvalue weighted by molar-refractivity contribution is 5.79. The minimum absolute atomic E-state index is 0.338. The molecular formula is C13H12FN3O2. The van der Waals surface area contributed by atoms with Crippen LogP contribution in [-0.2, 0) is 10.5 Å². The summed E-state index contributed by atoms with van der Waals surface area (Å²) in [7, 11) is 0. The molecule has 0 saturated heterocycles. The third-order valence-corrected chi connectivity index (χ3v) is 2.80. The van der Waals surface area contributed by atoms with E-state index in [4.69, 9.17) is 5.26 Å². The number of aliphatic hydroxyl groups is 1. The first-order valence-corrected chi connectivity index (χ1v) is 5.62. The molecule has 0 spiro atoms. The van der Waals surface area contributed by atoms with Crippen molar-refractivity contribution in [2.45, 2.75) is 19.1 Å². The van der Waals surface area contributed by atoms with Crippen LogP contribution in [0.2, 0.25) is 0 Å². The highest BCUT2D eigenvalue weighted by Crippen LogP contribution is 2.32. The monoisotopic (exact) mass is 261 g/mol. The molecule has 0 saturated carbocycles. The lowest BCUT2D eigenvalue weighted by molar-refractivity contribution is -0.154. The number of hydrazine groups is 1. The fourth-order valence-electron chi connectivity index (χ4n) is 1.97. The van der Waals surface area contributed by atoms with Gasteiger partial charge in [0.25, 0.3) is 5.91 Å². The molecule has 2 rings (SSSR count). The topological polar surface area (TPSA) is 76.4 Å². The Kier molecular flexibility index (Phi) is 3.23. The molecule has 1 aliphatic heterocycles. The minimum atomic E-state index is -1.72. The average molecular weight is 261 g/mol. The van der Waals surface area contributed by atoms with Crippen LogP contribution in [0.4, 0.5) is 4.39 Å². The quantitative estimate of drug-likeness (QED) is 0.836. The van der Waals surface area contributed by atoms with E-state index >= 15 is 0 Å². The van der Waals surface area contributed by atoms with Crippen molar-refractivity contribution in [3.63, 3.8) is 0 Å². The van der Waals surface area contributed by atoms with Crippen LogP contribution in [0.5, 0.6) is 0 Å². The lowest BCUT2D eigenvalue weighted by atomic mass is 10.0. The maximum Gasteiger partial charge on any atom is 0.258 e. The Balaban J connectivity index is 2.40. The van der Waals surface area contributed by atoms with E-state index in [-0.39, 0.29) is 6.42 Å². The number of hydrogen-bond donors (Lipinski definition) is 2. The second-order valence-electron chi connectivity index (χ2n) is 4.24. The van der Waals surface area contributed by atoms with Gasteiger partial charge in [-0.1, -0.05) is 12.1 Å². The van der Waals surface area contributed by atoms with Gasteiger partial charge in [0.1, 0.15) is 12.2 Å². The van der Waals surface area contributed by atoms with E-state index in [0.29, 0.717) is 11.3 Å². The van der Waals surface area contributed by atoms with E-state index in [1.807, 2.05) is 0 Å². The third kappa shape index (κ3) is 2.28. The molecule has 1 heterocycles. The first-order chi connectivity index (χ1) is 8.97. The van der Waals surface area contributed by atoms with Crippen molar-refractivity contribution in [3.8, 4) is 6.07 Å². The number of carbonyl (C=O) groups is 1. The van der Waals surface area contributed by atoms with Crippen LogP contribution in [0, 0.1) is 17.1 Å². The smallest absolute Gasteiger partial charge is 0.258 e. The molecule has 98 valence electrons. The summed E-state index contributed by atoms with van der Waals surface area (Å²) < 4.78 is 12.9. The molecule has 1 amide bonds. The van der Waals surface area contributed by atoms with Gasteiger partial charge >= 0.3 is 0 Å². The number of allylic oxidation sites excluding steroid dienone is 1.